The molecule has 19 rings (SSSR count). The Kier molecular flexibility index (Phi) is 9.75. The summed E-state index contributed by atoms with van der Waals surface area (Å²) in [5.41, 5.74) is 18.0. The van der Waals surface area contributed by atoms with Crippen LogP contribution in [0.1, 0.15) is 24.4 Å². The van der Waals surface area contributed by atoms with E-state index in [0.29, 0.717) is 6.42 Å². The van der Waals surface area contributed by atoms with Crippen molar-refractivity contribution in [2.24, 2.45) is 0 Å². The van der Waals surface area contributed by atoms with Gasteiger partial charge in [-0.1, -0.05) is 79.7 Å². The molecule has 86 heavy (non-hydrogen) atoms. The first-order chi connectivity index (χ1) is 42.5. The number of rotatable bonds is 8. The van der Waals surface area contributed by atoms with Gasteiger partial charge in [-0.25, -0.2) is 0 Å². The zero-order valence-corrected chi connectivity index (χ0v) is 46.1. The van der Waals surface area contributed by atoms with Gasteiger partial charge in [0.05, 0.1) is 5.39 Å². The van der Waals surface area contributed by atoms with Crippen molar-refractivity contribution in [2.45, 2.75) is 19.3 Å². The van der Waals surface area contributed by atoms with E-state index < -0.39 is 0 Å². The van der Waals surface area contributed by atoms with E-state index in [9.17, 15) is 0 Å². The number of benzene rings is 11. The van der Waals surface area contributed by atoms with Crippen LogP contribution in [0, 0.1) is 0 Å². The molecular weight excluding hydrogens is 1060 g/mol. The molecule has 7 aromatic heterocycles. The summed E-state index contributed by atoms with van der Waals surface area (Å²) >= 11 is 0. The van der Waals surface area contributed by atoms with E-state index in [0.717, 1.165) is 189 Å². The first-order valence-corrected chi connectivity index (χ1v) is 29.0. The lowest BCUT2D eigenvalue weighted by molar-refractivity contribution is 0.464. The lowest BCUT2D eigenvalue weighted by atomic mass is 9.85. The summed E-state index contributed by atoms with van der Waals surface area (Å²) in [6.07, 6.45) is 0.690. The lowest BCUT2D eigenvalue weighted by Crippen LogP contribution is -2.09. The molecule has 0 saturated heterocycles. The van der Waals surface area contributed by atoms with Gasteiger partial charge in [-0.2, -0.15) is 0 Å². The van der Waals surface area contributed by atoms with Crippen LogP contribution in [0.25, 0.3) is 143 Å². The van der Waals surface area contributed by atoms with Crippen LogP contribution in [-0.2, 0) is 6.42 Å². The Hall–Kier alpha value is -11.4. The van der Waals surface area contributed by atoms with Crippen LogP contribution in [0.3, 0.4) is 0 Å². The highest BCUT2D eigenvalue weighted by Crippen LogP contribution is 2.53. The Labute approximate surface area is 489 Å². The van der Waals surface area contributed by atoms with Crippen LogP contribution >= 0.6 is 0 Å². The Morgan fingerprint density at radius 3 is 1.26 bits per heavy atom. The molecule has 7 heterocycles. The minimum absolute atomic E-state index is 0.0536. The van der Waals surface area contributed by atoms with Gasteiger partial charge < -0.3 is 40.7 Å². The molecule has 0 aliphatic heterocycles. The number of nitrogens with zero attached hydrogens (tertiary/aromatic N) is 2. The molecule has 1 atom stereocenters. The van der Waals surface area contributed by atoms with Crippen LogP contribution in [-0.4, -0.2) is 0 Å². The van der Waals surface area contributed by atoms with Gasteiger partial charge in [0.15, 0.2) is 0 Å². The molecule has 1 unspecified atom stereocenters. The highest BCUT2D eigenvalue weighted by Gasteiger charge is 2.34. The molecule has 1 aliphatic rings. The summed E-state index contributed by atoms with van der Waals surface area (Å²) in [6.45, 7) is 2.23. The zero-order valence-electron chi connectivity index (χ0n) is 46.1. The van der Waals surface area contributed by atoms with Crippen LogP contribution < -0.4 is 9.80 Å². The van der Waals surface area contributed by atoms with Crippen molar-refractivity contribution in [3.8, 4) is 33.8 Å². The van der Waals surface area contributed by atoms with Crippen molar-refractivity contribution in [1.29, 1.82) is 0 Å². The van der Waals surface area contributed by atoms with Crippen molar-refractivity contribution in [3.05, 3.63) is 254 Å². The van der Waals surface area contributed by atoms with Gasteiger partial charge >= 0.3 is 0 Å². The summed E-state index contributed by atoms with van der Waals surface area (Å²) in [5, 5.41) is 10.4. The highest BCUT2D eigenvalue weighted by molar-refractivity contribution is 6.21. The summed E-state index contributed by atoms with van der Waals surface area (Å²) < 4.78 is 46.5. The fraction of sp³-hybridized carbons (Fsp3) is 0.0390. The van der Waals surface area contributed by atoms with Gasteiger partial charge in [-0.05, 0) is 146 Å². The lowest BCUT2D eigenvalue weighted by Gasteiger charge is -2.25. The molecule has 0 fully saturated rings. The third-order valence-corrected chi connectivity index (χ3v) is 17.7. The summed E-state index contributed by atoms with van der Waals surface area (Å²) in [6, 6.07) is 84.0. The molecule has 0 saturated carbocycles. The minimum Gasteiger partial charge on any atom is -0.460 e. The van der Waals surface area contributed by atoms with Gasteiger partial charge in [-0.3, -0.25) is 0 Å². The van der Waals surface area contributed by atoms with Gasteiger partial charge in [0.25, 0.3) is 0 Å². The average molecular weight is 1110 g/mol. The van der Waals surface area contributed by atoms with E-state index in [1.165, 1.54) is 0 Å². The number of fused-ring (bicyclic) bond motifs is 19. The molecule has 18 aromatic rings. The first kappa shape index (κ1) is 47.1. The van der Waals surface area contributed by atoms with Crippen molar-refractivity contribution in [2.75, 3.05) is 9.80 Å². The molecule has 0 amide bonds. The predicted octanol–water partition coefficient (Wildman–Crippen LogP) is 23.0. The molecule has 0 bridgehead atoms. The normalized spacial score (nSPS) is 13.5. The molecule has 406 valence electrons. The fourth-order valence-electron chi connectivity index (χ4n) is 13.6. The molecule has 0 N–H and O–H groups in total. The van der Waals surface area contributed by atoms with Crippen molar-refractivity contribution < 1.29 is 30.9 Å². The standard InChI is InChI=1S/C77H46N2O7/c1-43-36-72-73(58-32-28-52(41-70(58)85-72)78(50-26-30-56-54-12-4-8-16-63(54)82-68(56)39-50)48-22-18-44(19-23-48)66-37-46-10-2-6-14-61(46)80-66)75-60-34-35-65-74(77(60)86-76(43)75)59-33-29-53(42-71(59)84-65)79(51-27-31-57-55-13-5-9-17-64(55)83-69(57)40-51)49-24-20-45(21-25-49)67-38-47-11-3-7-15-62(47)81-67/h2-35,37-43H,36H2,1H3. The molecule has 9 nitrogen and oxygen atoms in total. The second kappa shape index (κ2) is 17.8. The monoisotopic (exact) mass is 1110 g/mol. The van der Waals surface area contributed by atoms with E-state index in [-0.39, 0.29) is 5.92 Å². The van der Waals surface area contributed by atoms with Gasteiger partial charge in [-0.15, -0.1) is 0 Å². The van der Waals surface area contributed by atoms with E-state index in [2.05, 4.69) is 193 Å². The van der Waals surface area contributed by atoms with E-state index in [4.69, 9.17) is 30.9 Å². The Morgan fingerprint density at radius 1 is 0.302 bits per heavy atom. The minimum atomic E-state index is 0.0536. The van der Waals surface area contributed by atoms with E-state index in [1.807, 2.05) is 66.7 Å². The number of anilines is 6. The SMILES string of the molecule is CC1Cc2oc3cc(N(c4ccc(-c5cc6ccccc6o5)cc4)c4ccc5c(c4)oc4ccccc45)ccc3c2-c2c1oc1c2ccc2oc3cc(N(c4ccc(-c5cc6ccccc6o5)cc4)c4ccc5c(c4)oc4ccccc45)ccc3c21. The third kappa shape index (κ3) is 7.06. The van der Waals surface area contributed by atoms with Crippen molar-refractivity contribution in [3.63, 3.8) is 0 Å². The number of furan rings is 7. The quantitative estimate of drug-likeness (QED) is 0.147. The number of hydrogen-bond donors (Lipinski definition) is 0. The van der Waals surface area contributed by atoms with Crippen LogP contribution in [0.5, 0.6) is 0 Å². The van der Waals surface area contributed by atoms with Gasteiger partial charge in [0, 0.05) is 141 Å². The smallest absolute Gasteiger partial charge is 0.146 e. The fourth-order valence-corrected chi connectivity index (χ4v) is 13.6. The largest absolute Gasteiger partial charge is 0.460 e. The Morgan fingerprint density at radius 2 is 0.721 bits per heavy atom. The molecule has 0 spiro atoms. The maximum atomic E-state index is 7.15. The molecule has 1 aliphatic carbocycles. The summed E-state index contributed by atoms with van der Waals surface area (Å²) in [7, 11) is 0. The van der Waals surface area contributed by atoms with Gasteiger partial charge in [0.2, 0.25) is 0 Å². The van der Waals surface area contributed by atoms with Crippen molar-refractivity contribution >= 4 is 144 Å². The van der Waals surface area contributed by atoms with E-state index >= 15 is 0 Å². The molecule has 0 radical (unpaired) electrons. The number of para-hydroxylation sites is 4. The summed E-state index contributed by atoms with van der Waals surface area (Å²) in [4.78, 5) is 4.52. The molecule has 11 aromatic carbocycles. The Bertz CT molecular complexity index is 5740. The zero-order chi connectivity index (χ0) is 56.3. The molecule has 9 heteroatoms. The van der Waals surface area contributed by atoms with Crippen molar-refractivity contribution in [1.82, 2.24) is 0 Å². The second-order valence-electron chi connectivity index (χ2n) is 22.7. The maximum absolute atomic E-state index is 7.15. The Balaban J connectivity index is 0.717. The second-order valence-corrected chi connectivity index (χ2v) is 22.7. The highest BCUT2D eigenvalue weighted by atomic mass is 16.4. The average Bonchev–Trinajstić information content (AvgIpc) is 1.87. The topological polar surface area (TPSA) is 98.5 Å². The van der Waals surface area contributed by atoms with Crippen LogP contribution in [0.2, 0.25) is 0 Å². The van der Waals surface area contributed by atoms with Crippen LogP contribution in [0.4, 0.5) is 34.1 Å². The molecular formula is C77H46N2O7. The van der Waals surface area contributed by atoms with Gasteiger partial charge in [0.1, 0.15) is 78.9 Å². The first-order valence-electron chi connectivity index (χ1n) is 29.0. The summed E-state index contributed by atoms with van der Waals surface area (Å²) in [5.74, 6) is 3.58. The van der Waals surface area contributed by atoms with E-state index in [1.54, 1.807) is 0 Å². The predicted molar refractivity (Wildman–Crippen MR) is 345 cm³/mol. The number of hydrogen-bond acceptors (Lipinski definition) is 9. The van der Waals surface area contributed by atoms with Crippen LogP contribution in [0.15, 0.2) is 274 Å². The third-order valence-electron chi connectivity index (χ3n) is 17.7. The maximum Gasteiger partial charge on any atom is 0.146 e.